The first-order valence-corrected chi connectivity index (χ1v) is 6.24. The Hall–Kier alpha value is -1.21. The summed E-state index contributed by atoms with van der Waals surface area (Å²) in [6, 6.07) is 4.54. The van der Waals surface area contributed by atoms with Gasteiger partial charge in [-0.25, -0.2) is 0 Å². The molecule has 3 nitrogen and oxygen atoms in total. The summed E-state index contributed by atoms with van der Waals surface area (Å²) in [7, 11) is 0. The molecule has 1 fully saturated rings. The van der Waals surface area contributed by atoms with Crippen LogP contribution >= 0.6 is 11.8 Å². The average Bonchev–Trinajstić information content (AvgIpc) is 2.31. The number of rotatable bonds is 2. The fourth-order valence-electron chi connectivity index (χ4n) is 1.67. The standard InChI is InChI=1S/C11H13N3S/c12-7-9-8-13-4-1-11(9)14-10-2-5-15-6-3-10/h1,4,8,10H,2-3,5-6H2,(H,13,14). The van der Waals surface area contributed by atoms with E-state index in [2.05, 4.69) is 16.4 Å². The van der Waals surface area contributed by atoms with Crippen LogP contribution in [0.1, 0.15) is 18.4 Å². The van der Waals surface area contributed by atoms with Crippen molar-refractivity contribution in [1.82, 2.24) is 4.98 Å². The van der Waals surface area contributed by atoms with Crippen LogP contribution < -0.4 is 5.32 Å². The van der Waals surface area contributed by atoms with Gasteiger partial charge in [0.15, 0.2) is 0 Å². The summed E-state index contributed by atoms with van der Waals surface area (Å²) < 4.78 is 0. The Labute approximate surface area is 93.9 Å². The SMILES string of the molecule is N#Cc1cnccc1NC1CCSCC1. The van der Waals surface area contributed by atoms with Gasteiger partial charge in [-0.2, -0.15) is 17.0 Å². The van der Waals surface area contributed by atoms with Gasteiger partial charge in [-0.3, -0.25) is 4.98 Å². The minimum atomic E-state index is 0.515. The minimum Gasteiger partial charge on any atom is -0.381 e. The zero-order chi connectivity index (χ0) is 10.5. The van der Waals surface area contributed by atoms with Crippen LogP contribution in [0.2, 0.25) is 0 Å². The number of thioether (sulfide) groups is 1. The van der Waals surface area contributed by atoms with Gasteiger partial charge in [-0.05, 0) is 30.4 Å². The molecule has 0 aliphatic carbocycles. The van der Waals surface area contributed by atoms with Gasteiger partial charge in [0, 0.05) is 18.4 Å². The molecule has 0 unspecified atom stereocenters. The Morgan fingerprint density at radius 2 is 2.27 bits per heavy atom. The topological polar surface area (TPSA) is 48.7 Å². The number of nitrogens with zero attached hydrogens (tertiary/aromatic N) is 2. The van der Waals surface area contributed by atoms with Crippen molar-refractivity contribution in [1.29, 1.82) is 5.26 Å². The Kier molecular flexibility index (Phi) is 3.46. The molecule has 0 bridgehead atoms. The molecule has 1 aliphatic heterocycles. The van der Waals surface area contributed by atoms with Gasteiger partial charge in [0.2, 0.25) is 0 Å². The number of pyridine rings is 1. The third-order valence-corrected chi connectivity index (χ3v) is 3.57. The van der Waals surface area contributed by atoms with Crippen LogP contribution in [0.3, 0.4) is 0 Å². The van der Waals surface area contributed by atoms with Gasteiger partial charge < -0.3 is 5.32 Å². The molecule has 0 aromatic carbocycles. The molecule has 1 aromatic heterocycles. The quantitative estimate of drug-likeness (QED) is 0.829. The van der Waals surface area contributed by atoms with Crippen molar-refractivity contribution in [2.75, 3.05) is 16.8 Å². The van der Waals surface area contributed by atoms with Gasteiger partial charge in [0.05, 0.1) is 11.3 Å². The second-order valence-electron chi connectivity index (χ2n) is 3.56. The maximum atomic E-state index is 8.91. The van der Waals surface area contributed by atoms with Crippen molar-refractivity contribution in [3.05, 3.63) is 24.0 Å². The lowest BCUT2D eigenvalue weighted by Crippen LogP contribution is -2.24. The van der Waals surface area contributed by atoms with Crippen LogP contribution in [-0.2, 0) is 0 Å². The van der Waals surface area contributed by atoms with Gasteiger partial charge in [-0.15, -0.1) is 0 Å². The second kappa shape index (κ2) is 5.04. The lowest BCUT2D eigenvalue weighted by atomic mass is 10.1. The number of hydrogen-bond acceptors (Lipinski definition) is 4. The maximum absolute atomic E-state index is 8.91. The molecule has 1 N–H and O–H groups in total. The van der Waals surface area contributed by atoms with Crippen LogP contribution in [-0.4, -0.2) is 22.5 Å². The van der Waals surface area contributed by atoms with Crippen LogP contribution in [0.4, 0.5) is 5.69 Å². The first kappa shape index (κ1) is 10.3. The zero-order valence-corrected chi connectivity index (χ0v) is 9.26. The summed E-state index contributed by atoms with van der Waals surface area (Å²) in [5.74, 6) is 2.43. The van der Waals surface area contributed by atoms with Crippen LogP contribution in [0.25, 0.3) is 0 Å². The van der Waals surface area contributed by atoms with Crippen molar-refractivity contribution >= 4 is 17.4 Å². The summed E-state index contributed by atoms with van der Waals surface area (Å²) >= 11 is 2.00. The van der Waals surface area contributed by atoms with E-state index in [1.807, 2.05) is 17.8 Å². The molecule has 0 atom stereocenters. The molecule has 0 radical (unpaired) electrons. The number of hydrogen-bond donors (Lipinski definition) is 1. The van der Waals surface area contributed by atoms with E-state index in [4.69, 9.17) is 5.26 Å². The molecule has 1 aliphatic rings. The minimum absolute atomic E-state index is 0.515. The third-order valence-electron chi connectivity index (χ3n) is 2.52. The maximum Gasteiger partial charge on any atom is 0.103 e. The van der Waals surface area contributed by atoms with Crippen molar-refractivity contribution < 1.29 is 0 Å². The summed E-state index contributed by atoms with van der Waals surface area (Å²) in [6.07, 6.45) is 5.69. The van der Waals surface area contributed by atoms with E-state index in [0.29, 0.717) is 11.6 Å². The molecule has 0 saturated carbocycles. The lowest BCUT2D eigenvalue weighted by molar-refractivity contribution is 0.666. The van der Waals surface area contributed by atoms with E-state index in [1.165, 1.54) is 24.3 Å². The molecule has 2 rings (SSSR count). The second-order valence-corrected chi connectivity index (χ2v) is 4.79. The van der Waals surface area contributed by atoms with Crippen LogP contribution in [0, 0.1) is 11.3 Å². The average molecular weight is 219 g/mol. The van der Waals surface area contributed by atoms with E-state index < -0.39 is 0 Å². The number of anilines is 1. The number of aromatic nitrogens is 1. The van der Waals surface area contributed by atoms with Crippen LogP contribution in [0.5, 0.6) is 0 Å². The van der Waals surface area contributed by atoms with E-state index in [-0.39, 0.29) is 0 Å². The van der Waals surface area contributed by atoms with Gasteiger partial charge in [0.25, 0.3) is 0 Å². The molecule has 0 amide bonds. The Morgan fingerprint density at radius 1 is 1.47 bits per heavy atom. The Bertz CT molecular complexity index is 366. The largest absolute Gasteiger partial charge is 0.381 e. The fraction of sp³-hybridized carbons (Fsp3) is 0.455. The highest BCUT2D eigenvalue weighted by Gasteiger charge is 2.14. The molecule has 2 heterocycles. The van der Waals surface area contributed by atoms with Crippen molar-refractivity contribution in [3.8, 4) is 6.07 Å². The molecular weight excluding hydrogens is 206 g/mol. The molecular formula is C11H13N3S. The number of nitrogens with one attached hydrogen (secondary N) is 1. The van der Waals surface area contributed by atoms with E-state index in [9.17, 15) is 0 Å². The summed E-state index contributed by atoms with van der Waals surface area (Å²) in [5, 5.41) is 12.3. The van der Waals surface area contributed by atoms with Crippen molar-refractivity contribution in [2.24, 2.45) is 0 Å². The molecule has 1 saturated heterocycles. The van der Waals surface area contributed by atoms with Crippen molar-refractivity contribution in [3.63, 3.8) is 0 Å². The lowest BCUT2D eigenvalue weighted by Gasteiger charge is -2.23. The van der Waals surface area contributed by atoms with Crippen LogP contribution in [0.15, 0.2) is 18.5 Å². The van der Waals surface area contributed by atoms with E-state index in [0.717, 1.165) is 5.69 Å². The summed E-state index contributed by atoms with van der Waals surface area (Å²) in [5.41, 5.74) is 1.56. The molecule has 4 heteroatoms. The van der Waals surface area contributed by atoms with E-state index >= 15 is 0 Å². The van der Waals surface area contributed by atoms with Crippen molar-refractivity contribution in [2.45, 2.75) is 18.9 Å². The highest BCUT2D eigenvalue weighted by atomic mass is 32.2. The van der Waals surface area contributed by atoms with Gasteiger partial charge in [-0.1, -0.05) is 0 Å². The third kappa shape index (κ3) is 2.63. The molecule has 15 heavy (non-hydrogen) atoms. The predicted molar refractivity (Wildman–Crippen MR) is 62.9 cm³/mol. The first-order valence-electron chi connectivity index (χ1n) is 5.08. The first-order chi connectivity index (χ1) is 7.40. The highest BCUT2D eigenvalue weighted by Crippen LogP contribution is 2.22. The molecule has 78 valence electrons. The zero-order valence-electron chi connectivity index (χ0n) is 8.44. The molecule has 0 spiro atoms. The summed E-state index contributed by atoms with van der Waals surface area (Å²) in [6.45, 7) is 0. The Balaban J connectivity index is 2.06. The smallest absolute Gasteiger partial charge is 0.103 e. The summed E-state index contributed by atoms with van der Waals surface area (Å²) in [4.78, 5) is 3.94. The number of nitriles is 1. The van der Waals surface area contributed by atoms with Gasteiger partial charge in [0.1, 0.15) is 6.07 Å². The monoisotopic (exact) mass is 219 g/mol. The Morgan fingerprint density at radius 3 is 3.00 bits per heavy atom. The fourth-order valence-corrected chi connectivity index (χ4v) is 2.78. The highest BCUT2D eigenvalue weighted by molar-refractivity contribution is 7.99. The normalized spacial score (nSPS) is 17.0. The van der Waals surface area contributed by atoms with Gasteiger partial charge >= 0.3 is 0 Å². The predicted octanol–water partition coefficient (Wildman–Crippen LogP) is 2.26. The molecule has 1 aromatic rings. The van der Waals surface area contributed by atoms with E-state index in [1.54, 1.807) is 12.4 Å².